The first-order chi connectivity index (χ1) is 14.5. The molecule has 3 aromatic rings. The van der Waals surface area contributed by atoms with Gasteiger partial charge in [-0.3, -0.25) is 4.68 Å². The molecule has 0 aliphatic rings. The van der Waals surface area contributed by atoms with Crippen LogP contribution >= 0.6 is 24.0 Å². The molecule has 0 saturated carbocycles. The molecule has 0 unspecified atom stereocenters. The van der Waals surface area contributed by atoms with Gasteiger partial charge in [0.2, 0.25) is 10.0 Å². The molecule has 0 amide bonds. The Balaban J connectivity index is 0.00000341. The molecule has 168 valence electrons. The Morgan fingerprint density at radius 2 is 1.94 bits per heavy atom. The van der Waals surface area contributed by atoms with E-state index in [0.29, 0.717) is 25.6 Å². The first-order valence-electron chi connectivity index (χ1n) is 9.51. The lowest BCUT2D eigenvalue weighted by Gasteiger charge is -2.12. The number of primary sulfonamides is 1. The summed E-state index contributed by atoms with van der Waals surface area (Å²) in [6.07, 6.45) is 6.71. The largest absolute Gasteiger partial charge is 0.469 e. The van der Waals surface area contributed by atoms with Crippen LogP contribution in [0.3, 0.4) is 0 Å². The second-order valence-electron chi connectivity index (χ2n) is 6.56. The maximum atomic E-state index is 11.4. The Hall–Kier alpha value is -2.45. The van der Waals surface area contributed by atoms with E-state index in [-0.39, 0.29) is 28.9 Å². The van der Waals surface area contributed by atoms with Crippen molar-refractivity contribution in [3.63, 3.8) is 0 Å². The summed E-state index contributed by atoms with van der Waals surface area (Å²) in [4.78, 5) is 4.67. The fraction of sp³-hybridized carbons (Fsp3) is 0.316. The van der Waals surface area contributed by atoms with Gasteiger partial charge in [-0.05, 0) is 36.2 Å². The van der Waals surface area contributed by atoms with Gasteiger partial charge in [-0.1, -0.05) is 17.3 Å². The van der Waals surface area contributed by atoms with E-state index in [1.54, 1.807) is 29.3 Å². The van der Waals surface area contributed by atoms with E-state index >= 15 is 0 Å². The van der Waals surface area contributed by atoms with E-state index in [1.165, 1.54) is 12.1 Å². The molecule has 4 N–H and O–H groups in total. The number of furan rings is 1. The number of nitrogens with zero attached hydrogens (tertiary/aromatic N) is 4. The predicted molar refractivity (Wildman–Crippen MR) is 127 cm³/mol. The van der Waals surface area contributed by atoms with Gasteiger partial charge < -0.3 is 15.1 Å². The molecule has 0 radical (unpaired) electrons. The van der Waals surface area contributed by atoms with Crippen molar-refractivity contribution < 1.29 is 12.8 Å². The molecule has 0 bridgehead atoms. The van der Waals surface area contributed by atoms with Crippen molar-refractivity contribution in [3.8, 4) is 0 Å². The van der Waals surface area contributed by atoms with E-state index in [4.69, 9.17) is 9.56 Å². The van der Waals surface area contributed by atoms with Crippen molar-refractivity contribution in [2.45, 2.75) is 30.8 Å². The van der Waals surface area contributed by atoms with Crippen LogP contribution in [0.25, 0.3) is 0 Å². The molecular weight excluding hydrogens is 533 g/mol. The molecule has 1 aromatic carbocycles. The fourth-order valence-corrected chi connectivity index (χ4v) is 3.20. The molecule has 0 fully saturated rings. The third-order valence-corrected chi connectivity index (χ3v) is 5.17. The zero-order chi connectivity index (χ0) is 21.2. The number of nitrogens with one attached hydrogen (secondary N) is 2. The highest BCUT2D eigenvalue weighted by Gasteiger charge is 2.07. The van der Waals surface area contributed by atoms with Crippen molar-refractivity contribution in [1.29, 1.82) is 0 Å². The van der Waals surface area contributed by atoms with Crippen molar-refractivity contribution in [2.24, 2.45) is 10.1 Å². The standard InChI is InChI=1S/C19H25N7O3S.HI/c20-30(27,28)18-6-4-16(5-7-18)15-23-19(22-10-8-17-3-1-14-29-17)21-9-2-12-26-13-11-24-25-26;/h1,3-7,11,13-14H,2,8-10,12,15H2,(H2,20,27,28)(H2,21,22,23);1H. The molecule has 10 nitrogen and oxygen atoms in total. The minimum atomic E-state index is -3.70. The smallest absolute Gasteiger partial charge is 0.238 e. The van der Waals surface area contributed by atoms with Crippen LogP contribution in [0.15, 0.2) is 69.4 Å². The zero-order valence-corrected chi connectivity index (χ0v) is 20.0. The van der Waals surface area contributed by atoms with Gasteiger partial charge in [-0.2, -0.15) is 0 Å². The van der Waals surface area contributed by atoms with Gasteiger partial charge in [0, 0.05) is 32.3 Å². The normalized spacial score (nSPS) is 11.7. The highest BCUT2D eigenvalue weighted by atomic mass is 127. The molecule has 3 rings (SSSR count). The van der Waals surface area contributed by atoms with Crippen LogP contribution in [-0.4, -0.2) is 42.5 Å². The summed E-state index contributed by atoms with van der Waals surface area (Å²) in [5.41, 5.74) is 0.872. The Labute approximate surface area is 198 Å². The first-order valence-corrected chi connectivity index (χ1v) is 11.1. The Kier molecular flexibility index (Phi) is 9.94. The molecule has 12 heteroatoms. The number of aryl methyl sites for hydroxylation is 1. The second-order valence-corrected chi connectivity index (χ2v) is 8.12. The number of aliphatic imine (C=N–C) groups is 1. The van der Waals surface area contributed by atoms with E-state index in [0.717, 1.165) is 30.7 Å². The number of benzene rings is 1. The average molecular weight is 559 g/mol. The Morgan fingerprint density at radius 1 is 1.16 bits per heavy atom. The lowest BCUT2D eigenvalue weighted by atomic mass is 10.2. The summed E-state index contributed by atoms with van der Waals surface area (Å²) in [7, 11) is -3.70. The summed E-state index contributed by atoms with van der Waals surface area (Å²) in [6.45, 7) is 2.51. The van der Waals surface area contributed by atoms with Crippen molar-refractivity contribution >= 4 is 40.0 Å². The van der Waals surface area contributed by atoms with Crippen molar-refractivity contribution in [1.82, 2.24) is 25.6 Å². The molecule has 0 saturated heterocycles. The maximum Gasteiger partial charge on any atom is 0.238 e. The minimum Gasteiger partial charge on any atom is -0.469 e. The van der Waals surface area contributed by atoms with Gasteiger partial charge in [0.05, 0.1) is 23.9 Å². The maximum absolute atomic E-state index is 11.4. The number of rotatable bonds is 10. The van der Waals surface area contributed by atoms with Gasteiger partial charge in [-0.15, -0.1) is 29.1 Å². The van der Waals surface area contributed by atoms with E-state index in [2.05, 4.69) is 25.9 Å². The highest BCUT2D eigenvalue weighted by Crippen LogP contribution is 2.09. The number of sulfonamides is 1. The molecule has 0 aliphatic heterocycles. The highest BCUT2D eigenvalue weighted by molar-refractivity contribution is 14.0. The monoisotopic (exact) mass is 559 g/mol. The number of hydrogen-bond donors (Lipinski definition) is 3. The quantitative estimate of drug-likeness (QED) is 0.148. The summed E-state index contributed by atoms with van der Waals surface area (Å²) in [5.74, 6) is 1.56. The SMILES string of the molecule is I.NS(=O)(=O)c1ccc(CN=C(NCCCn2ccnn2)NCCc2ccco2)cc1. The second kappa shape index (κ2) is 12.4. The van der Waals surface area contributed by atoms with E-state index < -0.39 is 10.0 Å². The molecule has 0 spiro atoms. The average Bonchev–Trinajstić information content (AvgIpc) is 3.42. The van der Waals surface area contributed by atoms with Crippen LogP contribution in [0.2, 0.25) is 0 Å². The van der Waals surface area contributed by atoms with Crippen molar-refractivity contribution in [2.75, 3.05) is 13.1 Å². The number of nitrogens with two attached hydrogens (primary N) is 1. The van der Waals surface area contributed by atoms with Gasteiger partial charge in [-0.25, -0.2) is 18.5 Å². The summed E-state index contributed by atoms with van der Waals surface area (Å²) in [6, 6.07) is 10.2. The van der Waals surface area contributed by atoms with Gasteiger partial charge in [0.25, 0.3) is 0 Å². The molecule has 2 heterocycles. The Bertz CT molecular complexity index is 1020. The molecule has 0 atom stereocenters. The molecule has 2 aromatic heterocycles. The van der Waals surface area contributed by atoms with Gasteiger partial charge in [0.15, 0.2) is 5.96 Å². The fourth-order valence-electron chi connectivity index (χ4n) is 2.69. The van der Waals surface area contributed by atoms with Crippen LogP contribution in [0.4, 0.5) is 0 Å². The third kappa shape index (κ3) is 8.67. The van der Waals surface area contributed by atoms with Crippen LogP contribution in [0.5, 0.6) is 0 Å². The number of guanidine groups is 1. The summed E-state index contributed by atoms with van der Waals surface area (Å²) >= 11 is 0. The predicted octanol–water partition coefficient (Wildman–Crippen LogP) is 1.50. The van der Waals surface area contributed by atoms with E-state index in [1.807, 2.05) is 18.3 Å². The molecular formula is C19H26IN7O3S. The summed E-state index contributed by atoms with van der Waals surface area (Å²) < 4.78 is 29.9. The zero-order valence-electron chi connectivity index (χ0n) is 16.8. The van der Waals surface area contributed by atoms with Crippen LogP contribution in [0, 0.1) is 0 Å². The Morgan fingerprint density at radius 3 is 2.58 bits per heavy atom. The topological polar surface area (TPSA) is 140 Å². The number of hydrogen-bond acceptors (Lipinski definition) is 6. The van der Waals surface area contributed by atoms with E-state index in [9.17, 15) is 8.42 Å². The van der Waals surface area contributed by atoms with Crippen LogP contribution in [0.1, 0.15) is 17.7 Å². The lowest BCUT2D eigenvalue weighted by molar-refractivity contribution is 0.506. The van der Waals surface area contributed by atoms with Crippen molar-refractivity contribution in [3.05, 3.63) is 66.4 Å². The minimum absolute atomic E-state index is 0. The van der Waals surface area contributed by atoms with Crippen LogP contribution < -0.4 is 15.8 Å². The lowest BCUT2D eigenvalue weighted by Crippen LogP contribution is -2.39. The van der Waals surface area contributed by atoms with Crippen LogP contribution in [-0.2, 0) is 29.5 Å². The summed E-state index contributed by atoms with van der Waals surface area (Å²) in [5, 5.41) is 19.4. The first kappa shape index (κ1) is 24.8. The molecule has 0 aliphatic carbocycles. The van der Waals surface area contributed by atoms with Gasteiger partial charge in [0.1, 0.15) is 5.76 Å². The number of aromatic nitrogens is 3. The molecule has 31 heavy (non-hydrogen) atoms. The number of halogens is 1. The van der Waals surface area contributed by atoms with Gasteiger partial charge >= 0.3 is 0 Å². The third-order valence-electron chi connectivity index (χ3n) is 4.24.